The lowest BCUT2D eigenvalue weighted by Gasteiger charge is -2.01. The van der Waals surface area contributed by atoms with Crippen LogP contribution in [0.5, 0.6) is 0 Å². The number of aromatic amines is 1. The smallest absolute Gasteiger partial charge is 0.227 e. The van der Waals surface area contributed by atoms with Gasteiger partial charge in [0.15, 0.2) is 0 Å². The van der Waals surface area contributed by atoms with E-state index in [-0.39, 0.29) is 18.9 Å². The second kappa shape index (κ2) is 6.42. The first-order valence-corrected chi connectivity index (χ1v) is 7.26. The molecule has 0 bridgehead atoms. The largest absolute Gasteiger partial charge is 0.396 e. The molecule has 2 aromatic heterocycles. The van der Waals surface area contributed by atoms with Gasteiger partial charge in [0, 0.05) is 18.5 Å². The highest BCUT2D eigenvalue weighted by Gasteiger charge is 2.11. The van der Waals surface area contributed by atoms with Gasteiger partial charge in [-0.3, -0.25) is 9.78 Å². The predicted molar refractivity (Wildman–Crippen MR) is 84.5 cm³/mol. The number of nitrogens with one attached hydrogen (secondary N) is 2. The summed E-state index contributed by atoms with van der Waals surface area (Å²) in [6.45, 7) is 0.482. The highest BCUT2D eigenvalue weighted by molar-refractivity contribution is 6.02. The number of imidazole rings is 1. The average Bonchev–Trinajstić information content (AvgIpc) is 2.97. The average molecular weight is 309 g/mol. The maximum atomic E-state index is 11.8. The summed E-state index contributed by atoms with van der Waals surface area (Å²) in [4.78, 5) is 23.7. The van der Waals surface area contributed by atoms with E-state index in [0.29, 0.717) is 29.9 Å². The van der Waals surface area contributed by atoms with E-state index in [9.17, 15) is 4.79 Å². The number of fused-ring (bicyclic) bond motifs is 3. The van der Waals surface area contributed by atoms with Crippen molar-refractivity contribution >= 4 is 27.8 Å². The van der Waals surface area contributed by atoms with Crippen molar-refractivity contribution in [3.05, 3.63) is 35.8 Å². The summed E-state index contributed by atoms with van der Waals surface area (Å²) in [6.07, 6.45) is 2.32. The van der Waals surface area contributed by atoms with Crippen molar-refractivity contribution in [2.75, 3.05) is 13.2 Å². The molecule has 0 fully saturated rings. The van der Waals surface area contributed by atoms with Crippen LogP contribution in [0.3, 0.4) is 0 Å². The lowest BCUT2D eigenvalue weighted by Crippen LogP contribution is -2.26. The number of aliphatic hydroxyl groups is 1. The maximum absolute atomic E-state index is 11.8. The second-order valence-electron chi connectivity index (χ2n) is 5.15. The predicted octanol–water partition coefficient (Wildman–Crippen LogP) is 1.02. The first-order valence-electron chi connectivity index (χ1n) is 7.26. The highest BCUT2D eigenvalue weighted by Crippen LogP contribution is 2.22. The van der Waals surface area contributed by atoms with E-state index in [2.05, 4.69) is 26.3 Å². The summed E-state index contributed by atoms with van der Waals surface area (Å²) in [5.74, 6) is 0.380. The number of nitrogens with zero attached hydrogens (tertiary/aromatic N) is 3. The van der Waals surface area contributed by atoms with Crippen molar-refractivity contribution in [3.63, 3.8) is 0 Å². The molecular formula is C16H15N5O2. The lowest BCUT2D eigenvalue weighted by atomic mass is 10.1. The number of amides is 1. The van der Waals surface area contributed by atoms with Crippen LogP contribution in [0.2, 0.25) is 0 Å². The molecule has 0 saturated carbocycles. The molecule has 116 valence electrons. The van der Waals surface area contributed by atoms with Crippen LogP contribution < -0.4 is 5.32 Å². The third-order valence-corrected chi connectivity index (χ3v) is 3.48. The van der Waals surface area contributed by atoms with E-state index in [0.717, 1.165) is 16.4 Å². The van der Waals surface area contributed by atoms with Crippen LogP contribution >= 0.6 is 0 Å². The fourth-order valence-electron chi connectivity index (χ4n) is 2.38. The molecule has 0 saturated heterocycles. The molecule has 23 heavy (non-hydrogen) atoms. The quantitative estimate of drug-likeness (QED) is 0.609. The van der Waals surface area contributed by atoms with Gasteiger partial charge in [-0.15, -0.1) is 0 Å². The molecule has 0 aliphatic rings. The molecule has 3 rings (SSSR count). The van der Waals surface area contributed by atoms with Crippen LogP contribution in [0.15, 0.2) is 24.4 Å². The topological polar surface area (TPSA) is 115 Å². The Morgan fingerprint density at radius 2 is 2.30 bits per heavy atom. The van der Waals surface area contributed by atoms with Gasteiger partial charge in [-0.1, -0.05) is 0 Å². The van der Waals surface area contributed by atoms with Gasteiger partial charge in [0.05, 0.1) is 40.8 Å². The van der Waals surface area contributed by atoms with E-state index in [1.807, 2.05) is 0 Å². The molecule has 3 N–H and O–H groups in total. The van der Waals surface area contributed by atoms with Crippen LogP contribution in [0, 0.1) is 11.3 Å². The molecule has 1 aromatic carbocycles. The van der Waals surface area contributed by atoms with Crippen LogP contribution in [0.25, 0.3) is 21.9 Å². The summed E-state index contributed by atoms with van der Waals surface area (Å²) in [7, 11) is 0. The van der Waals surface area contributed by atoms with E-state index >= 15 is 0 Å². The number of rotatable bonds is 5. The van der Waals surface area contributed by atoms with Crippen LogP contribution in [0.1, 0.15) is 17.8 Å². The molecule has 0 aliphatic heterocycles. The molecule has 1 amide bonds. The Hall–Kier alpha value is -2.98. The lowest BCUT2D eigenvalue weighted by molar-refractivity contribution is -0.120. The van der Waals surface area contributed by atoms with Crippen LogP contribution in [0.4, 0.5) is 0 Å². The van der Waals surface area contributed by atoms with Gasteiger partial charge in [-0.05, 0) is 24.6 Å². The van der Waals surface area contributed by atoms with Crippen LogP contribution in [-0.2, 0) is 11.2 Å². The minimum atomic E-state index is -0.160. The number of H-pyrrole nitrogens is 1. The third-order valence-electron chi connectivity index (χ3n) is 3.48. The van der Waals surface area contributed by atoms with Crippen molar-refractivity contribution in [2.24, 2.45) is 0 Å². The van der Waals surface area contributed by atoms with Gasteiger partial charge in [0.25, 0.3) is 0 Å². The zero-order valence-corrected chi connectivity index (χ0v) is 12.3. The monoisotopic (exact) mass is 309 g/mol. The van der Waals surface area contributed by atoms with E-state index in [1.54, 1.807) is 24.4 Å². The Morgan fingerprint density at radius 1 is 1.43 bits per heavy atom. The Balaban J connectivity index is 1.91. The zero-order chi connectivity index (χ0) is 16.2. The number of aromatic nitrogens is 3. The maximum Gasteiger partial charge on any atom is 0.227 e. The number of benzene rings is 1. The number of hydrogen-bond donors (Lipinski definition) is 3. The highest BCUT2D eigenvalue weighted by atomic mass is 16.3. The molecule has 0 atom stereocenters. The van der Waals surface area contributed by atoms with Gasteiger partial charge < -0.3 is 15.4 Å². The summed E-state index contributed by atoms with van der Waals surface area (Å²) < 4.78 is 0. The molecule has 2 heterocycles. The molecule has 7 heteroatoms. The van der Waals surface area contributed by atoms with Gasteiger partial charge in [0.1, 0.15) is 5.82 Å². The van der Waals surface area contributed by atoms with Gasteiger partial charge in [0.2, 0.25) is 5.91 Å². The molecule has 7 nitrogen and oxygen atoms in total. The number of carbonyl (C=O) groups is 1. The first-order chi connectivity index (χ1) is 11.2. The molecule has 0 unspecified atom stereocenters. The number of hydrogen-bond acceptors (Lipinski definition) is 5. The second-order valence-corrected chi connectivity index (χ2v) is 5.15. The third kappa shape index (κ3) is 3.12. The Kier molecular flexibility index (Phi) is 4.17. The molecule has 0 aliphatic carbocycles. The van der Waals surface area contributed by atoms with Crippen molar-refractivity contribution in [1.29, 1.82) is 5.26 Å². The Morgan fingerprint density at radius 3 is 3.09 bits per heavy atom. The summed E-state index contributed by atoms with van der Waals surface area (Å²) in [5.41, 5.74) is 2.72. The van der Waals surface area contributed by atoms with E-state index < -0.39 is 0 Å². The van der Waals surface area contributed by atoms with Crippen molar-refractivity contribution in [3.8, 4) is 6.07 Å². The van der Waals surface area contributed by atoms with Gasteiger partial charge >= 0.3 is 0 Å². The molecule has 0 spiro atoms. The summed E-state index contributed by atoms with van der Waals surface area (Å²) in [5, 5.41) is 21.2. The number of nitriles is 1. The summed E-state index contributed by atoms with van der Waals surface area (Å²) in [6, 6.07) is 7.34. The Bertz CT molecular complexity index is 910. The number of pyridine rings is 1. The zero-order valence-electron chi connectivity index (χ0n) is 12.3. The minimum Gasteiger partial charge on any atom is -0.396 e. The molecule has 3 aromatic rings. The minimum absolute atomic E-state index is 0.0454. The SMILES string of the molecule is N#Cc1ccc2ncc3[nH]c(CC(=O)NCCCO)nc3c2c1. The first kappa shape index (κ1) is 14.9. The number of carbonyl (C=O) groups excluding carboxylic acids is 1. The summed E-state index contributed by atoms with van der Waals surface area (Å²) >= 11 is 0. The fourth-order valence-corrected chi connectivity index (χ4v) is 2.38. The van der Waals surface area contributed by atoms with Crippen molar-refractivity contribution in [1.82, 2.24) is 20.3 Å². The van der Waals surface area contributed by atoms with Crippen molar-refractivity contribution in [2.45, 2.75) is 12.8 Å². The van der Waals surface area contributed by atoms with E-state index in [4.69, 9.17) is 10.4 Å². The van der Waals surface area contributed by atoms with Crippen LogP contribution in [-0.4, -0.2) is 39.1 Å². The van der Waals surface area contributed by atoms with Gasteiger partial charge in [-0.25, -0.2) is 4.98 Å². The standard InChI is InChI=1S/C16H15N5O2/c17-8-10-2-3-12-11(6-10)16-13(9-19-12)20-14(21-16)7-15(23)18-4-1-5-22/h2-3,6,9,22H,1,4-5,7H2,(H,18,23)(H,20,21). The van der Waals surface area contributed by atoms with E-state index in [1.165, 1.54) is 0 Å². The number of aliphatic hydroxyl groups excluding tert-OH is 1. The molecule has 0 radical (unpaired) electrons. The van der Waals surface area contributed by atoms with Crippen molar-refractivity contribution < 1.29 is 9.90 Å². The van der Waals surface area contributed by atoms with Gasteiger partial charge in [-0.2, -0.15) is 5.26 Å². The Labute approximate surface area is 132 Å². The normalized spacial score (nSPS) is 10.8. The molecular weight excluding hydrogens is 294 g/mol. The fraction of sp³-hybridized carbons (Fsp3) is 0.250.